The second kappa shape index (κ2) is 7.79. The van der Waals surface area contributed by atoms with Gasteiger partial charge in [0.15, 0.2) is 11.6 Å². The monoisotopic (exact) mass is 381 g/mol. The Bertz CT molecular complexity index is 959. The number of benzene rings is 1. The standard InChI is InChI=1S/C19H23N7O2/c1-3-26-12-14(9-15(26)27)11-25(2)19-18(20-10-13-7-5-4-6-8-13)21-16-17(22-19)24-28-23-16/h4-8,14H,3,9-12H2,1-2H3,(H,20,21,23)/t14-/m1/s1. The minimum absolute atomic E-state index is 0.213. The summed E-state index contributed by atoms with van der Waals surface area (Å²) in [5.74, 6) is 1.76. The number of carbonyl (C=O) groups is 1. The molecule has 1 amide bonds. The molecule has 0 saturated carbocycles. The van der Waals surface area contributed by atoms with Crippen LogP contribution in [0.5, 0.6) is 0 Å². The highest BCUT2D eigenvalue weighted by molar-refractivity contribution is 5.79. The number of anilines is 2. The average molecular weight is 381 g/mol. The number of fused-ring (bicyclic) bond motifs is 1. The van der Waals surface area contributed by atoms with Gasteiger partial charge in [0.25, 0.3) is 0 Å². The molecule has 4 rings (SSSR count). The smallest absolute Gasteiger partial charge is 0.245 e. The highest BCUT2D eigenvalue weighted by Gasteiger charge is 2.30. The van der Waals surface area contributed by atoms with Crippen LogP contribution in [0.25, 0.3) is 11.3 Å². The maximum absolute atomic E-state index is 12.0. The zero-order valence-electron chi connectivity index (χ0n) is 16.0. The Morgan fingerprint density at radius 3 is 2.68 bits per heavy atom. The molecule has 0 bridgehead atoms. The van der Waals surface area contributed by atoms with Gasteiger partial charge in [-0.15, -0.1) is 0 Å². The predicted molar refractivity (Wildman–Crippen MR) is 105 cm³/mol. The van der Waals surface area contributed by atoms with Crippen molar-refractivity contribution in [1.29, 1.82) is 0 Å². The first kappa shape index (κ1) is 18.1. The predicted octanol–water partition coefficient (Wildman–Crippen LogP) is 1.93. The van der Waals surface area contributed by atoms with Crippen LogP contribution in [0.3, 0.4) is 0 Å². The van der Waals surface area contributed by atoms with Gasteiger partial charge in [0.05, 0.1) is 0 Å². The normalized spacial score (nSPS) is 16.7. The topological polar surface area (TPSA) is 100 Å². The summed E-state index contributed by atoms with van der Waals surface area (Å²) in [6.45, 7) is 4.84. The average Bonchev–Trinajstić information content (AvgIpc) is 3.31. The Morgan fingerprint density at radius 2 is 1.96 bits per heavy atom. The van der Waals surface area contributed by atoms with Crippen LogP contribution in [0.2, 0.25) is 0 Å². The lowest BCUT2D eigenvalue weighted by atomic mass is 10.1. The maximum atomic E-state index is 12.0. The molecular formula is C19H23N7O2. The number of nitrogens with one attached hydrogen (secondary N) is 1. The van der Waals surface area contributed by atoms with E-state index in [1.807, 2.05) is 54.1 Å². The summed E-state index contributed by atoms with van der Waals surface area (Å²) < 4.78 is 4.77. The molecule has 1 aliphatic rings. The van der Waals surface area contributed by atoms with Crippen molar-refractivity contribution in [2.24, 2.45) is 5.92 Å². The highest BCUT2D eigenvalue weighted by Crippen LogP contribution is 2.26. The molecule has 0 spiro atoms. The Hall–Kier alpha value is -3.23. The van der Waals surface area contributed by atoms with Crippen LogP contribution in [-0.2, 0) is 11.3 Å². The molecular weight excluding hydrogens is 358 g/mol. The Balaban J connectivity index is 1.55. The third-order valence-electron chi connectivity index (χ3n) is 4.97. The number of rotatable bonds is 7. The largest absolute Gasteiger partial charge is 0.363 e. The third kappa shape index (κ3) is 3.73. The zero-order chi connectivity index (χ0) is 19.5. The van der Waals surface area contributed by atoms with Gasteiger partial charge in [0, 0.05) is 45.6 Å². The molecule has 3 heterocycles. The van der Waals surface area contributed by atoms with Gasteiger partial charge in [-0.05, 0) is 22.8 Å². The van der Waals surface area contributed by atoms with E-state index < -0.39 is 0 Å². The van der Waals surface area contributed by atoms with Crippen LogP contribution >= 0.6 is 0 Å². The van der Waals surface area contributed by atoms with Gasteiger partial charge < -0.3 is 15.1 Å². The van der Waals surface area contributed by atoms with Gasteiger partial charge in [-0.1, -0.05) is 30.3 Å². The quantitative estimate of drug-likeness (QED) is 0.663. The van der Waals surface area contributed by atoms with E-state index in [0.717, 1.165) is 18.7 Å². The van der Waals surface area contributed by atoms with Gasteiger partial charge in [-0.25, -0.2) is 14.6 Å². The number of likely N-dealkylation sites (tertiary alicyclic amines) is 1. The lowest BCUT2D eigenvalue weighted by molar-refractivity contribution is -0.127. The number of hydrogen-bond donors (Lipinski definition) is 1. The minimum Gasteiger partial charge on any atom is -0.363 e. The van der Waals surface area contributed by atoms with Gasteiger partial charge >= 0.3 is 0 Å². The summed E-state index contributed by atoms with van der Waals surface area (Å²) in [6, 6.07) is 10.1. The Labute approximate surface area is 162 Å². The van der Waals surface area contributed by atoms with Crippen molar-refractivity contribution < 1.29 is 9.42 Å². The summed E-state index contributed by atoms with van der Waals surface area (Å²) >= 11 is 0. The van der Waals surface area contributed by atoms with E-state index in [2.05, 4.69) is 25.6 Å². The molecule has 1 N–H and O–H groups in total. The second-order valence-electron chi connectivity index (χ2n) is 7.03. The molecule has 0 unspecified atom stereocenters. The fourth-order valence-corrected chi connectivity index (χ4v) is 3.55. The van der Waals surface area contributed by atoms with E-state index in [-0.39, 0.29) is 11.8 Å². The first-order chi connectivity index (χ1) is 13.6. The molecule has 9 heteroatoms. The molecule has 28 heavy (non-hydrogen) atoms. The molecule has 9 nitrogen and oxygen atoms in total. The van der Waals surface area contributed by atoms with Crippen LogP contribution in [0, 0.1) is 5.92 Å². The van der Waals surface area contributed by atoms with E-state index in [9.17, 15) is 4.79 Å². The SMILES string of the molecule is CCN1C[C@@H](CN(C)c2nc3nonc3nc2NCc2ccccc2)CC1=O. The van der Waals surface area contributed by atoms with Crippen LogP contribution in [0.4, 0.5) is 11.6 Å². The molecule has 1 aromatic carbocycles. The van der Waals surface area contributed by atoms with Crippen molar-refractivity contribution in [3.63, 3.8) is 0 Å². The molecule has 1 atom stereocenters. The first-order valence-corrected chi connectivity index (χ1v) is 9.41. The van der Waals surface area contributed by atoms with E-state index in [0.29, 0.717) is 42.4 Å². The number of aromatic nitrogens is 4. The van der Waals surface area contributed by atoms with Crippen LogP contribution in [-0.4, -0.2) is 57.8 Å². The Morgan fingerprint density at radius 1 is 1.21 bits per heavy atom. The highest BCUT2D eigenvalue weighted by atomic mass is 16.6. The molecule has 3 aromatic rings. The molecule has 1 saturated heterocycles. The van der Waals surface area contributed by atoms with Gasteiger partial charge in [0.1, 0.15) is 0 Å². The lowest BCUT2D eigenvalue weighted by Crippen LogP contribution is -2.30. The summed E-state index contributed by atoms with van der Waals surface area (Å²) in [5, 5.41) is 11.0. The zero-order valence-corrected chi connectivity index (χ0v) is 16.0. The summed E-state index contributed by atoms with van der Waals surface area (Å²) in [4.78, 5) is 25.1. The van der Waals surface area contributed by atoms with Gasteiger partial charge in [-0.2, -0.15) is 0 Å². The fourth-order valence-electron chi connectivity index (χ4n) is 3.55. The number of amides is 1. The van der Waals surface area contributed by atoms with Crippen LogP contribution < -0.4 is 10.2 Å². The molecule has 146 valence electrons. The van der Waals surface area contributed by atoms with E-state index in [1.54, 1.807) is 0 Å². The van der Waals surface area contributed by atoms with Crippen molar-refractivity contribution in [3.05, 3.63) is 35.9 Å². The summed E-state index contributed by atoms with van der Waals surface area (Å²) in [5.41, 5.74) is 1.86. The van der Waals surface area contributed by atoms with E-state index in [1.165, 1.54) is 0 Å². The van der Waals surface area contributed by atoms with E-state index >= 15 is 0 Å². The summed E-state index contributed by atoms with van der Waals surface area (Å²) in [7, 11) is 1.95. The first-order valence-electron chi connectivity index (χ1n) is 9.41. The van der Waals surface area contributed by atoms with Crippen LogP contribution in [0.15, 0.2) is 35.0 Å². The van der Waals surface area contributed by atoms with Gasteiger partial charge in [0.2, 0.25) is 17.2 Å². The van der Waals surface area contributed by atoms with Crippen molar-refractivity contribution in [3.8, 4) is 0 Å². The number of hydrogen-bond acceptors (Lipinski definition) is 8. The number of carbonyl (C=O) groups excluding carboxylic acids is 1. The fraction of sp³-hybridized carbons (Fsp3) is 0.421. The maximum Gasteiger partial charge on any atom is 0.245 e. The van der Waals surface area contributed by atoms with Crippen LogP contribution in [0.1, 0.15) is 18.9 Å². The van der Waals surface area contributed by atoms with Gasteiger partial charge in [-0.3, -0.25) is 4.79 Å². The van der Waals surface area contributed by atoms with Crippen molar-refractivity contribution in [2.75, 3.05) is 36.9 Å². The van der Waals surface area contributed by atoms with Crippen molar-refractivity contribution in [2.45, 2.75) is 19.9 Å². The summed E-state index contributed by atoms with van der Waals surface area (Å²) in [6.07, 6.45) is 0.562. The molecule has 2 aromatic heterocycles. The third-order valence-corrected chi connectivity index (χ3v) is 4.97. The Kier molecular flexibility index (Phi) is 5.05. The molecule has 0 aliphatic carbocycles. The van der Waals surface area contributed by atoms with Crippen molar-refractivity contribution in [1.82, 2.24) is 25.2 Å². The van der Waals surface area contributed by atoms with Crippen molar-refractivity contribution >= 4 is 28.8 Å². The number of nitrogens with zero attached hydrogens (tertiary/aromatic N) is 6. The second-order valence-corrected chi connectivity index (χ2v) is 7.03. The minimum atomic E-state index is 0.213. The molecule has 1 aliphatic heterocycles. The molecule has 0 radical (unpaired) electrons. The lowest BCUT2D eigenvalue weighted by Gasteiger charge is -2.23. The molecule has 1 fully saturated rings. The van der Waals surface area contributed by atoms with E-state index in [4.69, 9.17) is 4.63 Å².